The zero-order chi connectivity index (χ0) is 26.8. The lowest BCUT2D eigenvalue weighted by atomic mass is 9.96. The molecule has 1 aliphatic heterocycles. The topological polar surface area (TPSA) is 98.2 Å². The van der Waals surface area contributed by atoms with Crippen molar-refractivity contribution in [1.82, 2.24) is 30.1 Å². The van der Waals surface area contributed by atoms with E-state index in [4.69, 9.17) is 9.47 Å². The summed E-state index contributed by atoms with van der Waals surface area (Å²) in [6.07, 6.45) is 0.882. The summed E-state index contributed by atoms with van der Waals surface area (Å²) in [5, 5.41) is 13.8. The first-order valence-electron chi connectivity index (χ1n) is 13.1. The maximum Gasteiger partial charge on any atom is 0.253 e. The molecule has 5 aromatic rings. The number of pyridine rings is 1. The third kappa shape index (κ3) is 5.00. The standard InChI is InChI=1S/C30H30N6O3/c1-3-39-25-12-13-27-23(16-25)17-26(30(37)31-27)28(35-15-14-21-6-4-5-7-22(21)19-35)29-32-33-34-36(29)18-20-8-10-24(38-2)11-9-20/h4-13,16-17,28H,3,14-15,18-19H2,1-2H3,(H,31,37)/t28-/m0/s1. The lowest BCUT2D eigenvalue weighted by Crippen LogP contribution is -2.38. The molecule has 6 rings (SSSR count). The van der Waals surface area contributed by atoms with Crippen LogP contribution in [0.4, 0.5) is 0 Å². The lowest BCUT2D eigenvalue weighted by molar-refractivity contribution is 0.194. The summed E-state index contributed by atoms with van der Waals surface area (Å²) in [4.78, 5) is 19.0. The van der Waals surface area contributed by atoms with E-state index >= 15 is 0 Å². The fourth-order valence-electron chi connectivity index (χ4n) is 5.32. The fraction of sp³-hybridized carbons (Fsp3) is 0.267. The van der Waals surface area contributed by atoms with Gasteiger partial charge in [-0.15, -0.1) is 5.10 Å². The average molecular weight is 523 g/mol. The summed E-state index contributed by atoms with van der Waals surface area (Å²) in [7, 11) is 1.65. The molecule has 0 saturated heterocycles. The smallest absolute Gasteiger partial charge is 0.253 e. The number of nitrogens with zero attached hydrogens (tertiary/aromatic N) is 5. The van der Waals surface area contributed by atoms with Gasteiger partial charge in [-0.3, -0.25) is 9.69 Å². The predicted molar refractivity (Wildman–Crippen MR) is 148 cm³/mol. The molecule has 0 unspecified atom stereocenters. The maximum atomic E-state index is 13.6. The number of benzene rings is 3. The summed E-state index contributed by atoms with van der Waals surface area (Å²) in [6.45, 7) is 4.44. The molecule has 1 atom stereocenters. The summed E-state index contributed by atoms with van der Waals surface area (Å²) < 4.78 is 12.8. The van der Waals surface area contributed by atoms with Gasteiger partial charge in [-0.05, 0) is 76.9 Å². The van der Waals surface area contributed by atoms with E-state index in [-0.39, 0.29) is 5.56 Å². The zero-order valence-corrected chi connectivity index (χ0v) is 22.0. The van der Waals surface area contributed by atoms with E-state index < -0.39 is 6.04 Å². The molecule has 0 amide bonds. The summed E-state index contributed by atoms with van der Waals surface area (Å²) in [5.41, 5.74) is 4.81. The van der Waals surface area contributed by atoms with Gasteiger partial charge in [0.1, 0.15) is 17.5 Å². The number of hydrogen-bond acceptors (Lipinski definition) is 7. The van der Waals surface area contributed by atoms with Crippen LogP contribution in [-0.4, -0.2) is 50.4 Å². The molecule has 39 heavy (non-hydrogen) atoms. The van der Waals surface area contributed by atoms with E-state index in [0.717, 1.165) is 40.9 Å². The van der Waals surface area contributed by atoms with Crippen molar-refractivity contribution in [1.29, 1.82) is 0 Å². The number of methoxy groups -OCH3 is 1. The van der Waals surface area contributed by atoms with Crippen molar-refractivity contribution in [2.24, 2.45) is 0 Å². The second kappa shape index (κ2) is 10.7. The largest absolute Gasteiger partial charge is 0.497 e. The highest BCUT2D eigenvalue weighted by Gasteiger charge is 2.32. The SMILES string of the molecule is CCOc1ccc2[nH]c(=O)c([C@@H](c3nnnn3Cc3ccc(OC)cc3)N3CCc4ccccc4C3)cc2c1. The van der Waals surface area contributed by atoms with E-state index in [2.05, 4.69) is 49.7 Å². The number of nitrogens with one attached hydrogen (secondary N) is 1. The Balaban J connectivity index is 1.45. The van der Waals surface area contributed by atoms with Crippen molar-refractivity contribution < 1.29 is 9.47 Å². The first-order chi connectivity index (χ1) is 19.1. The van der Waals surface area contributed by atoms with Crippen molar-refractivity contribution in [3.63, 3.8) is 0 Å². The van der Waals surface area contributed by atoms with Crippen molar-refractivity contribution in [3.05, 3.63) is 111 Å². The van der Waals surface area contributed by atoms with Crippen LogP contribution in [0.1, 0.15) is 41.0 Å². The minimum absolute atomic E-state index is 0.158. The zero-order valence-electron chi connectivity index (χ0n) is 22.0. The van der Waals surface area contributed by atoms with Crippen molar-refractivity contribution >= 4 is 10.9 Å². The molecule has 0 fully saturated rings. The quantitative estimate of drug-likeness (QED) is 0.327. The van der Waals surface area contributed by atoms with Gasteiger partial charge >= 0.3 is 0 Å². The van der Waals surface area contributed by atoms with Crippen LogP contribution in [0.25, 0.3) is 10.9 Å². The van der Waals surface area contributed by atoms with E-state index in [1.54, 1.807) is 11.8 Å². The minimum Gasteiger partial charge on any atom is -0.497 e. The van der Waals surface area contributed by atoms with Crippen LogP contribution in [-0.2, 0) is 19.5 Å². The molecule has 198 valence electrons. The lowest BCUT2D eigenvalue weighted by Gasteiger charge is -2.34. The second-order valence-electron chi connectivity index (χ2n) is 9.67. The van der Waals surface area contributed by atoms with Crippen LogP contribution in [0.2, 0.25) is 0 Å². The summed E-state index contributed by atoms with van der Waals surface area (Å²) in [5.74, 6) is 2.17. The molecule has 2 aromatic heterocycles. The third-order valence-corrected chi connectivity index (χ3v) is 7.27. The van der Waals surface area contributed by atoms with E-state index in [0.29, 0.717) is 31.1 Å². The Bertz CT molecular complexity index is 1660. The molecular formula is C30H30N6O3. The first-order valence-corrected chi connectivity index (χ1v) is 13.1. The Hall–Kier alpha value is -4.50. The fourth-order valence-corrected chi connectivity index (χ4v) is 5.32. The molecule has 9 heteroatoms. The molecule has 1 N–H and O–H groups in total. The minimum atomic E-state index is -0.449. The molecule has 0 saturated carbocycles. The maximum absolute atomic E-state index is 13.6. The first kappa shape index (κ1) is 24.8. The van der Waals surface area contributed by atoms with Gasteiger partial charge in [-0.2, -0.15) is 0 Å². The van der Waals surface area contributed by atoms with Gasteiger partial charge in [0.25, 0.3) is 5.56 Å². The summed E-state index contributed by atoms with van der Waals surface area (Å²) >= 11 is 0. The van der Waals surface area contributed by atoms with E-state index in [1.165, 1.54) is 11.1 Å². The van der Waals surface area contributed by atoms with Gasteiger partial charge in [0.05, 0.1) is 20.3 Å². The predicted octanol–water partition coefficient (Wildman–Crippen LogP) is 4.12. The number of hydrogen-bond donors (Lipinski definition) is 1. The van der Waals surface area contributed by atoms with Gasteiger partial charge < -0.3 is 14.5 Å². The Morgan fingerprint density at radius 3 is 2.59 bits per heavy atom. The highest BCUT2D eigenvalue weighted by molar-refractivity contribution is 5.80. The van der Waals surface area contributed by atoms with Crippen molar-refractivity contribution in [2.75, 3.05) is 20.3 Å². The Morgan fingerprint density at radius 1 is 1.00 bits per heavy atom. The van der Waals surface area contributed by atoms with Gasteiger partial charge in [0.15, 0.2) is 5.82 Å². The van der Waals surface area contributed by atoms with Crippen LogP contribution >= 0.6 is 0 Å². The van der Waals surface area contributed by atoms with Crippen LogP contribution in [0.3, 0.4) is 0 Å². The average Bonchev–Trinajstić information content (AvgIpc) is 3.41. The van der Waals surface area contributed by atoms with Crippen LogP contribution in [0.15, 0.2) is 77.6 Å². The van der Waals surface area contributed by atoms with Crippen LogP contribution < -0.4 is 15.0 Å². The van der Waals surface area contributed by atoms with E-state index in [1.807, 2.05) is 55.5 Å². The molecular weight excluding hydrogens is 492 g/mol. The Labute approximate surface area is 226 Å². The number of tetrazole rings is 1. The Morgan fingerprint density at radius 2 is 1.79 bits per heavy atom. The van der Waals surface area contributed by atoms with Gasteiger partial charge in [-0.1, -0.05) is 36.4 Å². The Kier molecular flexibility index (Phi) is 6.81. The molecule has 0 bridgehead atoms. The van der Waals surface area contributed by atoms with Crippen molar-refractivity contribution in [2.45, 2.75) is 32.5 Å². The number of fused-ring (bicyclic) bond motifs is 2. The molecule has 0 radical (unpaired) electrons. The monoisotopic (exact) mass is 522 g/mol. The van der Waals surface area contributed by atoms with Gasteiger partial charge in [0.2, 0.25) is 0 Å². The highest BCUT2D eigenvalue weighted by Crippen LogP contribution is 2.32. The normalized spacial score (nSPS) is 14.2. The van der Waals surface area contributed by atoms with Gasteiger partial charge in [-0.25, -0.2) is 4.68 Å². The number of aromatic amines is 1. The third-order valence-electron chi connectivity index (χ3n) is 7.27. The van der Waals surface area contributed by atoms with Gasteiger partial charge in [0, 0.05) is 29.6 Å². The number of ether oxygens (including phenoxy) is 2. The van der Waals surface area contributed by atoms with Crippen LogP contribution in [0, 0.1) is 0 Å². The highest BCUT2D eigenvalue weighted by atomic mass is 16.5. The molecule has 3 aromatic carbocycles. The summed E-state index contributed by atoms with van der Waals surface area (Å²) in [6, 6.07) is 23.5. The molecule has 0 spiro atoms. The molecule has 9 nitrogen and oxygen atoms in total. The number of H-pyrrole nitrogens is 1. The molecule has 3 heterocycles. The molecule has 0 aliphatic carbocycles. The number of rotatable bonds is 8. The number of aromatic nitrogens is 5. The van der Waals surface area contributed by atoms with Crippen molar-refractivity contribution in [3.8, 4) is 11.5 Å². The molecule has 1 aliphatic rings. The second-order valence-corrected chi connectivity index (χ2v) is 9.67. The van der Waals surface area contributed by atoms with E-state index in [9.17, 15) is 4.79 Å². The van der Waals surface area contributed by atoms with Crippen LogP contribution in [0.5, 0.6) is 11.5 Å².